The van der Waals surface area contributed by atoms with Crippen LogP contribution in [-0.4, -0.2) is 34.1 Å². The van der Waals surface area contributed by atoms with Gasteiger partial charge in [0.2, 0.25) is 0 Å². The highest BCUT2D eigenvalue weighted by atomic mass is 127. The van der Waals surface area contributed by atoms with Crippen molar-refractivity contribution in [1.29, 1.82) is 0 Å². The molecule has 1 saturated heterocycles. The highest BCUT2D eigenvalue weighted by Gasteiger charge is 2.36. The molecule has 8 nitrogen and oxygen atoms in total. The Labute approximate surface area is 227 Å². The van der Waals surface area contributed by atoms with Gasteiger partial charge in [-0.15, -0.1) is 0 Å². The number of amides is 2. The van der Waals surface area contributed by atoms with Gasteiger partial charge in [0.05, 0.1) is 20.0 Å². The number of benzene rings is 2. The zero-order chi connectivity index (χ0) is 25.7. The van der Waals surface area contributed by atoms with Crippen LogP contribution in [0.2, 0.25) is 0 Å². The lowest BCUT2D eigenvalue weighted by atomic mass is 9.89. The second kappa shape index (κ2) is 12.1. The van der Waals surface area contributed by atoms with Crippen molar-refractivity contribution in [3.05, 3.63) is 66.1 Å². The Bertz CT molecular complexity index is 1190. The molecule has 1 heterocycles. The summed E-state index contributed by atoms with van der Waals surface area (Å²) in [6.07, 6.45) is 7.39. The molecule has 36 heavy (non-hydrogen) atoms. The number of carbonyl (C=O) groups excluding carboxylic acids is 2. The van der Waals surface area contributed by atoms with Gasteiger partial charge >= 0.3 is 0 Å². The summed E-state index contributed by atoms with van der Waals surface area (Å²) < 4.78 is 12.6. The summed E-state index contributed by atoms with van der Waals surface area (Å²) in [5.74, 6) is 1.17. The van der Waals surface area contributed by atoms with Crippen molar-refractivity contribution in [1.82, 2.24) is 4.90 Å². The Morgan fingerprint density at radius 1 is 1.17 bits per heavy atom. The normalized spacial score (nSPS) is 17.6. The van der Waals surface area contributed by atoms with Gasteiger partial charge in [0, 0.05) is 18.7 Å². The average molecular weight is 622 g/mol. The molecule has 10 heteroatoms. The minimum Gasteiger partial charge on any atom is -0.490 e. The molecule has 190 valence electrons. The molecule has 2 aromatic rings. The van der Waals surface area contributed by atoms with E-state index in [0.29, 0.717) is 41.0 Å². The molecule has 0 bridgehead atoms. The number of nitro benzene ring substituents is 1. The fraction of sp³-hybridized carbons (Fsp3) is 0.385. The molecule has 2 fully saturated rings. The first-order valence-electron chi connectivity index (χ1n) is 11.9. The van der Waals surface area contributed by atoms with Gasteiger partial charge in [0.1, 0.15) is 6.61 Å². The lowest BCUT2D eigenvalue weighted by Crippen LogP contribution is -2.34. The number of non-ortho nitro benzene ring substituents is 1. The lowest BCUT2D eigenvalue weighted by molar-refractivity contribution is -0.384. The minimum atomic E-state index is -0.440. The van der Waals surface area contributed by atoms with E-state index in [1.165, 1.54) is 23.5 Å². The molecule has 4 rings (SSSR count). The molecule has 0 spiro atoms. The van der Waals surface area contributed by atoms with E-state index in [1.54, 1.807) is 24.3 Å². The number of nitrogens with zero attached hydrogens (tertiary/aromatic N) is 2. The van der Waals surface area contributed by atoms with E-state index in [4.69, 9.17) is 9.47 Å². The van der Waals surface area contributed by atoms with E-state index in [2.05, 4.69) is 22.6 Å². The Morgan fingerprint density at radius 3 is 2.67 bits per heavy atom. The number of thioether (sulfide) groups is 1. The van der Waals surface area contributed by atoms with Gasteiger partial charge in [-0.3, -0.25) is 24.6 Å². The molecule has 1 saturated carbocycles. The van der Waals surface area contributed by atoms with Crippen LogP contribution >= 0.6 is 34.4 Å². The van der Waals surface area contributed by atoms with Crippen molar-refractivity contribution >= 4 is 57.3 Å². The third-order valence-electron chi connectivity index (χ3n) is 6.17. The van der Waals surface area contributed by atoms with E-state index >= 15 is 0 Å². The summed E-state index contributed by atoms with van der Waals surface area (Å²) in [7, 11) is 0. The third-order valence-corrected chi connectivity index (χ3v) is 7.88. The predicted octanol–water partition coefficient (Wildman–Crippen LogP) is 6.79. The molecule has 1 aliphatic carbocycles. The number of halogens is 1. The molecule has 2 aromatic carbocycles. The fourth-order valence-corrected chi connectivity index (χ4v) is 6.06. The number of carbonyl (C=O) groups is 2. The number of imide groups is 1. The largest absolute Gasteiger partial charge is 0.490 e. The molecule has 0 aromatic heterocycles. The highest BCUT2D eigenvalue weighted by Crippen LogP contribution is 2.38. The van der Waals surface area contributed by atoms with E-state index in [1.807, 2.05) is 13.0 Å². The highest BCUT2D eigenvalue weighted by molar-refractivity contribution is 14.1. The number of nitro groups is 1. The van der Waals surface area contributed by atoms with Crippen LogP contribution in [-0.2, 0) is 11.4 Å². The smallest absolute Gasteiger partial charge is 0.293 e. The number of rotatable bonds is 9. The molecule has 0 N–H and O–H groups in total. The van der Waals surface area contributed by atoms with E-state index in [-0.39, 0.29) is 23.4 Å². The van der Waals surface area contributed by atoms with Gasteiger partial charge in [0.15, 0.2) is 11.5 Å². The Hall–Kier alpha value is -2.60. The van der Waals surface area contributed by atoms with Gasteiger partial charge in [-0.05, 0) is 89.4 Å². The van der Waals surface area contributed by atoms with Crippen LogP contribution in [0, 0.1) is 19.6 Å². The molecular weight excluding hydrogens is 595 g/mol. The first-order valence-corrected chi connectivity index (χ1v) is 13.8. The molecule has 0 unspecified atom stereocenters. The van der Waals surface area contributed by atoms with Crippen LogP contribution < -0.4 is 9.47 Å². The van der Waals surface area contributed by atoms with Crippen LogP contribution in [0.1, 0.15) is 50.2 Å². The van der Waals surface area contributed by atoms with Crippen molar-refractivity contribution in [3.8, 4) is 11.5 Å². The molecule has 2 amide bonds. The minimum absolute atomic E-state index is 0.00334. The van der Waals surface area contributed by atoms with Crippen LogP contribution in [0.3, 0.4) is 0 Å². The second-order valence-corrected chi connectivity index (χ2v) is 10.9. The van der Waals surface area contributed by atoms with Crippen LogP contribution in [0.5, 0.6) is 11.5 Å². The quantitative estimate of drug-likeness (QED) is 0.131. The number of hydrogen-bond acceptors (Lipinski definition) is 7. The average Bonchev–Trinajstić information content (AvgIpc) is 3.12. The third kappa shape index (κ3) is 6.39. The maximum atomic E-state index is 13.0. The van der Waals surface area contributed by atoms with E-state index < -0.39 is 4.92 Å². The van der Waals surface area contributed by atoms with Gasteiger partial charge < -0.3 is 9.47 Å². The fourth-order valence-electron chi connectivity index (χ4n) is 4.43. The van der Waals surface area contributed by atoms with Gasteiger partial charge in [-0.1, -0.05) is 31.4 Å². The van der Waals surface area contributed by atoms with Crippen molar-refractivity contribution in [3.63, 3.8) is 0 Å². The Morgan fingerprint density at radius 2 is 1.94 bits per heavy atom. The number of ether oxygens (including phenoxy) is 2. The monoisotopic (exact) mass is 622 g/mol. The topological polar surface area (TPSA) is 99.0 Å². The maximum absolute atomic E-state index is 13.0. The van der Waals surface area contributed by atoms with Gasteiger partial charge in [-0.2, -0.15) is 0 Å². The molecule has 2 aliphatic rings. The zero-order valence-corrected chi connectivity index (χ0v) is 22.9. The summed E-state index contributed by atoms with van der Waals surface area (Å²) in [5, 5.41) is 10.8. The molecular formula is C26H27IN2O6S. The summed E-state index contributed by atoms with van der Waals surface area (Å²) in [6.45, 7) is 2.90. The van der Waals surface area contributed by atoms with Gasteiger partial charge in [-0.25, -0.2) is 0 Å². The predicted molar refractivity (Wildman–Crippen MR) is 147 cm³/mol. The first-order chi connectivity index (χ1) is 17.4. The standard InChI is InChI=1S/C26H27IN2O6S/c1-2-34-22-13-19(12-21(27)24(22)35-16-18-9-6-10-20(11-18)29(32)33)14-23-25(30)28(26(31)36-23)15-17-7-4-3-5-8-17/h6,9-14,17H,2-5,7-8,15-16H2,1H3/b23-14+. The lowest BCUT2D eigenvalue weighted by Gasteiger charge is -2.25. The summed E-state index contributed by atoms with van der Waals surface area (Å²) in [6, 6.07) is 9.94. The Kier molecular flexibility index (Phi) is 8.89. The molecule has 1 aliphatic heterocycles. The maximum Gasteiger partial charge on any atom is 0.293 e. The van der Waals surface area contributed by atoms with Crippen LogP contribution in [0.15, 0.2) is 41.3 Å². The summed E-state index contributed by atoms with van der Waals surface area (Å²) in [4.78, 5) is 38.0. The summed E-state index contributed by atoms with van der Waals surface area (Å²) in [5.41, 5.74) is 1.40. The SMILES string of the molecule is CCOc1cc(/C=C2/SC(=O)N(CC3CCCCC3)C2=O)cc(I)c1OCc1cccc([N+](=O)[O-])c1. The van der Waals surface area contributed by atoms with Crippen molar-refractivity contribution in [2.24, 2.45) is 5.92 Å². The van der Waals surface area contributed by atoms with Crippen LogP contribution in [0.25, 0.3) is 6.08 Å². The molecule has 0 radical (unpaired) electrons. The van der Waals surface area contributed by atoms with Gasteiger partial charge in [0.25, 0.3) is 16.8 Å². The Balaban J connectivity index is 1.52. The van der Waals surface area contributed by atoms with Crippen molar-refractivity contribution in [2.75, 3.05) is 13.2 Å². The number of hydrogen-bond donors (Lipinski definition) is 0. The van der Waals surface area contributed by atoms with E-state index in [0.717, 1.165) is 46.6 Å². The van der Waals surface area contributed by atoms with E-state index in [9.17, 15) is 19.7 Å². The van der Waals surface area contributed by atoms with Crippen molar-refractivity contribution in [2.45, 2.75) is 45.6 Å². The zero-order valence-electron chi connectivity index (χ0n) is 19.9. The van der Waals surface area contributed by atoms with Crippen LogP contribution in [0.4, 0.5) is 10.5 Å². The first kappa shape index (κ1) is 26.5. The molecule has 0 atom stereocenters. The summed E-state index contributed by atoms with van der Waals surface area (Å²) >= 11 is 3.11. The second-order valence-electron chi connectivity index (χ2n) is 8.78. The van der Waals surface area contributed by atoms with Crippen molar-refractivity contribution < 1.29 is 24.0 Å².